The number of hydrogen-bond acceptors (Lipinski definition) is 5. The molecule has 9 heteroatoms. The summed E-state index contributed by atoms with van der Waals surface area (Å²) in [5, 5.41) is 2.02. The van der Waals surface area contributed by atoms with Gasteiger partial charge in [-0.2, -0.15) is 13.2 Å². The van der Waals surface area contributed by atoms with Gasteiger partial charge in [0.1, 0.15) is 5.78 Å². The highest BCUT2D eigenvalue weighted by atomic mass is 32.1. The number of alkyl halides is 3. The molecule has 1 fully saturated rings. The van der Waals surface area contributed by atoms with E-state index in [1.165, 1.54) is 17.4 Å². The van der Waals surface area contributed by atoms with Crippen LogP contribution in [0.2, 0.25) is 0 Å². The van der Waals surface area contributed by atoms with Crippen LogP contribution in [0.3, 0.4) is 0 Å². The Hall–Kier alpha value is -2.42. The minimum Gasteiger partial charge on any atom is -0.375 e. The number of anilines is 1. The van der Waals surface area contributed by atoms with E-state index in [-0.39, 0.29) is 31.1 Å². The van der Waals surface area contributed by atoms with Crippen LogP contribution in [0, 0.1) is 0 Å². The molecule has 1 aliphatic carbocycles. The molecule has 2 aromatic rings. The van der Waals surface area contributed by atoms with E-state index >= 15 is 0 Å². The van der Waals surface area contributed by atoms with Crippen molar-refractivity contribution in [1.29, 1.82) is 0 Å². The Morgan fingerprint density at radius 1 is 1.25 bits per heavy atom. The highest BCUT2D eigenvalue weighted by Crippen LogP contribution is 2.42. The predicted octanol–water partition coefficient (Wildman–Crippen LogP) is 3.32. The van der Waals surface area contributed by atoms with Crippen molar-refractivity contribution in [2.24, 2.45) is 0 Å². The van der Waals surface area contributed by atoms with Crippen LogP contribution in [0.5, 0.6) is 0 Å². The summed E-state index contributed by atoms with van der Waals surface area (Å²) in [6, 6.07) is 3.67. The van der Waals surface area contributed by atoms with Crippen LogP contribution >= 0.6 is 11.3 Å². The molecule has 0 spiro atoms. The molecule has 1 aromatic carbocycles. The van der Waals surface area contributed by atoms with E-state index in [1.54, 1.807) is 10.3 Å². The zero-order valence-electron chi connectivity index (χ0n) is 14.9. The van der Waals surface area contributed by atoms with Gasteiger partial charge < -0.3 is 10.6 Å². The molecule has 148 valence electrons. The second kappa shape index (κ2) is 6.58. The third kappa shape index (κ3) is 3.17. The lowest BCUT2D eigenvalue weighted by Gasteiger charge is -2.36. The van der Waals surface area contributed by atoms with E-state index in [4.69, 9.17) is 5.73 Å². The average Bonchev–Trinajstić information content (AvgIpc) is 3.26. The molecule has 1 amide bonds. The minimum atomic E-state index is -4.43. The van der Waals surface area contributed by atoms with Crippen molar-refractivity contribution >= 4 is 28.2 Å². The fraction of sp³-hybridized carbons (Fsp3) is 0.421. The highest BCUT2D eigenvalue weighted by molar-refractivity contribution is 7.13. The highest BCUT2D eigenvalue weighted by Gasteiger charge is 2.50. The number of thiazole rings is 1. The zero-order valence-corrected chi connectivity index (χ0v) is 15.7. The quantitative estimate of drug-likeness (QED) is 0.826. The van der Waals surface area contributed by atoms with Crippen molar-refractivity contribution in [3.8, 4) is 0 Å². The lowest BCUT2D eigenvalue weighted by Crippen LogP contribution is -2.47. The number of fused-ring (bicyclic) bond motifs is 1. The number of carbonyl (C=O) groups is 2. The first-order valence-corrected chi connectivity index (χ1v) is 9.78. The first-order chi connectivity index (χ1) is 13.2. The smallest absolute Gasteiger partial charge is 0.375 e. The van der Waals surface area contributed by atoms with Crippen molar-refractivity contribution in [1.82, 2.24) is 9.88 Å². The fourth-order valence-electron chi connectivity index (χ4n) is 4.09. The molecule has 2 N–H and O–H groups in total. The Balaban J connectivity index is 1.66. The lowest BCUT2D eigenvalue weighted by atomic mass is 9.80. The molecule has 1 unspecified atom stereocenters. The molecule has 0 saturated heterocycles. The van der Waals surface area contributed by atoms with Crippen LogP contribution in [0.25, 0.3) is 0 Å². The molecule has 2 heterocycles. The maximum atomic E-state index is 13.4. The number of rotatable bonds is 2. The number of halogens is 3. The Morgan fingerprint density at radius 3 is 2.64 bits per heavy atom. The van der Waals surface area contributed by atoms with Crippen molar-refractivity contribution < 1.29 is 22.8 Å². The number of nitrogen functional groups attached to an aromatic ring is 1. The predicted molar refractivity (Wildman–Crippen MR) is 97.6 cm³/mol. The number of aromatic nitrogens is 1. The molecule has 5 nitrogen and oxygen atoms in total. The molecule has 1 atom stereocenters. The fourth-order valence-corrected chi connectivity index (χ4v) is 4.76. The van der Waals surface area contributed by atoms with Crippen molar-refractivity contribution in [2.45, 2.75) is 43.8 Å². The minimum absolute atomic E-state index is 0.0170. The molecule has 2 aliphatic rings. The summed E-state index contributed by atoms with van der Waals surface area (Å²) in [6.07, 6.45) is -3.27. The number of amides is 1. The van der Waals surface area contributed by atoms with E-state index in [0.29, 0.717) is 35.8 Å². The van der Waals surface area contributed by atoms with Gasteiger partial charge in [-0.05, 0) is 36.1 Å². The Labute approximate surface area is 163 Å². The van der Waals surface area contributed by atoms with Gasteiger partial charge in [0, 0.05) is 31.3 Å². The van der Waals surface area contributed by atoms with Gasteiger partial charge in [0.05, 0.1) is 16.7 Å². The normalized spacial score (nSPS) is 22.4. The van der Waals surface area contributed by atoms with E-state index < -0.39 is 17.2 Å². The van der Waals surface area contributed by atoms with Gasteiger partial charge in [0.25, 0.3) is 0 Å². The summed E-state index contributed by atoms with van der Waals surface area (Å²) >= 11 is 1.21. The van der Waals surface area contributed by atoms with Crippen LogP contribution in [0.1, 0.15) is 41.6 Å². The summed E-state index contributed by atoms with van der Waals surface area (Å²) in [4.78, 5) is 31.3. The van der Waals surface area contributed by atoms with Gasteiger partial charge in [-0.15, -0.1) is 11.3 Å². The van der Waals surface area contributed by atoms with Crippen LogP contribution in [-0.2, 0) is 34.1 Å². The number of ketones is 1. The summed E-state index contributed by atoms with van der Waals surface area (Å²) in [7, 11) is 0. The number of nitrogens with zero attached hydrogens (tertiary/aromatic N) is 2. The third-order valence-corrected chi connectivity index (χ3v) is 6.26. The second-order valence-electron chi connectivity index (χ2n) is 7.33. The second-order valence-corrected chi connectivity index (χ2v) is 8.22. The van der Waals surface area contributed by atoms with Crippen molar-refractivity contribution in [3.05, 3.63) is 46.0 Å². The number of nitrogens with two attached hydrogens (primary N) is 1. The van der Waals surface area contributed by atoms with Gasteiger partial charge in [0.15, 0.2) is 5.13 Å². The molecular formula is C19H18F3N3O2S. The summed E-state index contributed by atoms with van der Waals surface area (Å²) in [5.41, 5.74) is 5.73. The van der Waals surface area contributed by atoms with E-state index in [9.17, 15) is 22.8 Å². The first-order valence-electron chi connectivity index (χ1n) is 8.91. The molecular weight excluding hydrogens is 391 g/mol. The van der Waals surface area contributed by atoms with Gasteiger partial charge in [0.2, 0.25) is 5.91 Å². The van der Waals surface area contributed by atoms with Gasteiger partial charge in [-0.3, -0.25) is 9.59 Å². The first kappa shape index (κ1) is 18.9. The average molecular weight is 409 g/mol. The van der Waals surface area contributed by atoms with Crippen molar-refractivity contribution in [2.75, 3.05) is 12.3 Å². The number of benzene rings is 1. The molecule has 28 heavy (non-hydrogen) atoms. The SMILES string of the molecule is Nc1nc(C2(C(=O)N3CCc4ccc(C(F)(F)F)cc4C3)CCC(=O)C2)cs1. The van der Waals surface area contributed by atoms with Crippen LogP contribution < -0.4 is 5.73 Å². The molecule has 1 aliphatic heterocycles. The van der Waals surface area contributed by atoms with Crippen molar-refractivity contribution in [3.63, 3.8) is 0 Å². The molecule has 4 rings (SSSR count). The van der Waals surface area contributed by atoms with Crippen LogP contribution in [-0.4, -0.2) is 28.1 Å². The number of hydrogen-bond donors (Lipinski definition) is 1. The lowest BCUT2D eigenvalue weighted by molar-refractivity contribution is -0.139. The summed E-state index contributed by atoms with van der Waals surface area (Å²) < 4.78 is 39.2. The van der Waals surface area contributed by atoms with E-state index in [0.717, 1.165) is 17.7 Å². The Bertz CT molecular complexity index is 956. The van der Waals surface area contributed by atoms with Gasteiger partial charge in [-0.1, -0.05) is 6.07 Å². The topological polar surface area (TPSA) is 76.3 Å². The van der Waals surface area contributed by atoms with Gasteiger partial charge >= 0.3 is 6.18 Å². The third-order valence-electron chi connectivity index (χ3n) is 5.58. The van der Waals surface area contributed by atoms with E-state index in [2.05, 4.69) is 4.98 Å². The number of carbonyl (C=O) groups excluding carboxylic acids is 2. The number of Topliss-reactive ketones (excluding diaryl/α,β-unsaturated/α-hetero) is 1. The maximum absolute atomic E-state index is 13.4. The zero-order chi connectivity index (χ0) is 20.1. The maximum Gasteiger partial charge on any atom is 0.416 e. The monoisotopic (exact) mass is 409 g/mol. The van der Waals surface area contributed by atoms with Crippen LogP contribution in [0.15, 0.2) is 23.6 Å². The molecule has 1 saturated carbocycles. The summed E-state index contributed by atoms with van der Waals surface area (Å²) in [5.74, 6) is -0.275. The van der Waals surface area contributed by atoms with Crippen LogP contribution in [0.4, 0.5) is 18.3 Å². The molecule has 1 aromatic heterocycles. The molecule has 0 radical (unpaired) electrons. The Kier molecular flexibility index (Phi) is 4.45. The van der Waals surface area contributed by atoms with Gasteiger partial charge in [-0.25, -0.2) is 4.98 Å². The van der Waals surface area contributed by atoms with E-state index in [1.807, 2.05) is 0 Å². The standard InChI is InChI=1S/C19H18F3N3O2S/c20-19(21,22)13-2-1-11-4-6-25(9-12(11)7-13)16(27)18(5-3-14(26)8-18)15-10-28-17(23)24-15/h1-2,7,10H,3-6,8-9H2,(H2,23,24). The largest absolute Gasteiger partial charge is 0.416 e. The Morgan fingerprint density at radius 2 is 2.04 bits per heavy atom. The molecule has 0 bridgehead atoms. The summed E-state index contributed by atoms with van der Waals surface area (Å²) in [6.45, 7) is 0.487.